The summed E-state index contributed by atoms with van der Waals surface area (Å²) in [7, 11) is 0. The molecular formula is C17H15F2NO. The molecule has 1 N–H and O–H groups in total. The van der Waals surface area contributed by atoms with Crippen molar-refractivity contribution >= 4 is 17.7 Å². The second kappa shape index (κ2) is 6.31. The fraction of sp³-hybridized carbons (Fsp3) is 0.118. The molecule has 0 fully saturated rings. The van der Waals surface area contributed by atoms with Crippen molar-refractivity contribution in [3.05, 3.63) is 70.8 Å². The average molecular weight is 287 g/mol. The lowest BCUT2D eigenvalue weighted by atomic mass is 10.1. The highest BCUT2D eigenvalue weighted by molar-refractivity contribution is 6.02. The molecule has 0 spiro atoms. The van der Waals surface area contributed by atoms with Crippen LogP contribution in [0.25, 0.3) is 6.08 Å². The van der Waals surface area contributed by atoms with Crippen LogP contribution in [0.5, 0.6) is 0 Å². The van der Waals surface area contributed by atoms with Gasteiger partial charge in [0.15, 0.2) is 0 Å². The van der Waals surface area contributed by atoms with Gasteiger partial charge in [-0.3, -0.25) is 4.79 Å². The zero-order valence-corrected chi connectivity index (χ0v) is 11.8. The van der Waals surface area contributed by atoms with Gasteiger partial charge >= 0.3 is 0 Å². The van der Waals surface area contributed by atoms with Crippen LogP contribution >= 0.6 is 0 Å². The SMILES string of the molecule is Cc1ccc(/C=C/C(=O)Nc2c(F)cccc2F)c(C)c1. The molecule has 0 bridgehead atoms. The molecule has 0 saturated heterocycles. The smallest absolute Gasteiger partial charge is 0.248 e. The van der Waals surface area contributed by atoms with Gasteiger partial charge in [0.2, 0.25) is 5.91 Å². The van der Waals surface area contributed by atoms with Gasteiger partial charge in [0, 0.05) is 6.08 Å². The van der Waals surface area contributed by atoms with Crippen LogP contribution in [0, 0.1) is 25.5 Å². The second-order valence-corrected chi connectivity index (χ2v) is 4.78. The van der Waals surface area contributed by atoms with E-state index < -0.39 is 23.2 Å². The van der Waals surface area contributed by atoms with Gasteiger partial charge in [-0.1, -0.05) is 29.8 Å². The van der Waals surface area contributed by atoms with Gasteiger partial charge < -0.3 is 5.32 Å². The Bertz CT molecular complexity index is 688. The van der Waals surface area contributed by atoms with E-state index in [0.29, 0.717) is 0 Å². The number of para-hydroxylation sites is 1. The maximum Gasteiger partial charge on any atom is 0.248 e. The number of anilines is 1. The molecule has 21 heavy (non-hydrogen) atoms. The lowest BCUT2D eigenvalue weighted by Gasteiger charge is -2.05. The minimum Gasteiger partial charge on any atom is -0.318 e. The largest absolute Gasteiger partial charge is 0.318 e. The molecule has 0 radical (unpaired) electrons. The summed E-state index contributed by atoms with van der Waals surface area (Å²) in [5, 5.41) is 2.20. The third-order valence-corrected chi connectivity index (χ3v) is 3.05. The first-order chi connectivity index (χ1) is 9.97. The second-order valence-electron chi connectivity index (χ2n) is 4.78. The first kappa shape index (κ1) is 14.9. The van der Waals surface area contributed by atoms with E-state index in [1.807, 2.05) is 32.0 Å². The molecule has 0 aliphatic carbocycles. The van der Waals surface area contributed by atoms with Crippen molar-refractivity contribution in [1.82, 2.24) is 0 Å². The molecule has 2 aromatic carbocycles. The van der Waals surface area contributed by atoms with E-state index in [1.54, 1.807) is 6.08 Å². The van der Waals surface area contributed by atoms with Crippen LogP contribution in [-0.2, 0) is 4.79 Å². The summed E-state index contributed by atoms with van der Waals surface area (Å²) < 4.78 is 26.8. The van der Waals surface area contributed by atoms with Gasteiger partial charge in [0.1, 0.15) is 17.3 Å². The molecule has 0 aromatic heterocycles. The Balaban J connectivity index is 2.13. The zero-order chi connectivity index (χ0) is 15.4. The molecule has 0 aliphatic rings. The van der Waals surface area contributed by atoms with Crippen LogP contribution in [0.2, 0.25) is 0 Å². The van der Waals surface area contributed by atoms with Gasteiger partial charge in [-0.05, 0) is 43.2 Å². The normalized spacial score (nSPS) is 10.9. The monoisotopic (exact) mass is 287 g/mol. The Morgan fingerprint density at radius 1 is 1.10 bits per heavy atom. The van der Waals surface area contributed by atoms with E-state index in [4.69, 9.17) is 0 Å². The molecule has 2 aromatic rings. The predicted octanol–water partition coefficient (Wildman–Crippen LogP) is 4.23. The number of halogens is 2. The van der Waals surface area contributed by atoms with Crippen LogP contribution < -0.4 is 5.32 Å². The molecule has 2 nitrogen and oxygen atoms in total. The van der Waals surface area contributed by atoms with Gasteiger partial charge in [-0.25, -0.2) is 8.78 Å². The summed E-state index contributed by atoms with van der Waals surface area (Å²) in [5.74, 6) is -2.19. The summed E-state index contributed by atoms with van der Waals surface area (Å²) >= 11 is 0. The molecule has 1 amide bonds. The Kier molecular flexibility index (Phi) is 4.48. The molecule has 4 heteroatoms. The Morgan fingerprint density at radius 3 is 2.38 bits per heavy atom. The summed E-state index contributed by atoms with van der Waals surface area (Å²) in [6, 6.07) is 9.23. The fourth-order valence-corrected chi connectivity index (χ4v) is 1.96. The standard InChI is InChI=1S/C17H15F2NO/c1-11-6-7-13(12(2)10-11)8-9-16(21)20-17-14(18)4-3-5-15(17)19/h3-10H,1-2H3,(H,20,21)/b9-8+. The van der Waals surface area contributed by atoms with Crippen molar-refractivity contribution in [2.45, 2.75) is 13.8 Å². The Hall–Kier alpha value is -2.49. The van der Waals surface area contributed by atoms with Crippen molar-refractivity contribution in [3.63, 3.8) is 0 Å². The number of benzene rings is 2. The number of hydrogen-bond donors (Lipinski definition) is 1. The van der Waals surface area contributed by atoms with Gasteiger partial charge in [-0.15, -0.1) is 0 Å². The maximum absolute atomic E-state index is 13.4. The molecule has 0 aliphatic heterocycles. The number of amides is 1. The van der Waals surface area contributed by atoms with Crippen molar-refractivity contribution < 1.29 is 13.6 Å². The highest BCUT2D eigenvalue weighted by atomic mass is 19.1. The summed E-state index contributed by atoms with van der Waals surface area (Å²) in [6.45, 7) is 3.91. The van der Waals surface area contributed by atoms with Crippen LogP contribution in [0.1, 0.15) is 16.7 Å². The average Bonchev–Trinajstić information content (AvgIpc) is 2.42. The van der Waals surface area contributed by atoms with Crippen LogP contribution in [0.4, 0.5) is 14.5 Å². The highest BCUT2D eigenvalue weighted by Crippen LogP contribution is 2.18. The van der Waals surface area contributed by atoms with Crippen LogP contribution in [-0.4, -0.2) is 5.91 Å². The van der Waals surface area contributed by atoms with Crippen molar-refractivity contribution in [2.75, 3.05) is 5.32 Å². The molecule has 0 heterocycles. The number of nitrogens with one attached hydrogen (secondary N) is 1. The molecule has 0 unspecified atom stereocenters. The third-order valence-electron chi connectivity index (χ3n) is 3.05. The summed E-state index contributed by atoms with van der Waals surface area (Å²) in [6.07, 6.45) is 2.87. The minimum absolute atomic E-state index is 0.437. The first-order valence-corrected chi connectivity index (χ1v) is 6.47. The maximum atomic E-state index is 13.4. The van der Waals surface area contributed by atoms with E-state index in [-0.39, 0.29) is 0 Å². The fourth-order valence-electron chi connectivity index (χ4n) is 1.96. The van der Waals surface area contributed by atoms with Crippen molar-refractivity contribution in [1.29, 1.82) is 0 Å². The number of rotatable bonds is 3. The predicted molar refractivity (Wildman–Crippen MR) is 79.9 cm³/mol. The Labute approximate surface area is 122 Å². The van der Waals surface area contributed by atoms with Gasteiger partial charge in [0.25, 0.3) is 0 Å². The van der Waals surface area contributed by atoms with Gasteiger partial charge in [0.05, 0.1) is 0 Å². The van der Waals surface area contributed by atoms with E-state index in [9.17, 15) is 13.6 Å². The molecule has 108 valence electrons. The topological polar surface area (TPSA) is 29.1 Å². The third kappa shape index (κ3) is 3.75. The minimum atomic E-state index is -0.803. The van der Waals surface area contributed by atoms with Crippen LogP contribution in [0.3, 0.4) is 0 Å². The van der Waals surface area contributed by atoms with Crippen molar-refractivity contribution in [3.8, 4) is 0 Å². The first-order valence-electron chi connectivity index (χ1n) is 6.47. The van der Waals surface area contributed by atoms with Crippen LogP contribution in [0.15, 0.2) is 42.5 Å². The number of hydrogen-bond acceptors (Lipinski definition) is 1. The van der Waals surface area contributed by atoms with Crippen molar-refractivity contribution in [2.24, 2.45) is 0 Å². The lowest BCUT2D eigenvalue weighted by Crippen LogP contribution is -2.10. The summed E-state index contributed by atoms with van der Waals surface area (Å²) in [5.41, 5.74) is 2.59. The highest BCUT2D eigenvalue weighted by Gasteiger charge is 2.09. The quantitative estimate of drug-likeness (QED) is 0.841. The molecule has 2 rings (SSSR count). The number of carbonyl (C=O) groups excluding carboxylic acids is 1. The lowest BCUT2D eigenvalue weighted by molar-refractivity contribution is -0.111. The van der Waals surface area contributed by atoms with E-state index in [2.05, 4.69) is 5.32 Å². The van der Waals surface area contributed by atoms with E-state index in [0.717, 1.165) is 28.8 Å². The summed E-state index contributed by atoms with van der Waals surface area (Å²) in [4.78, 5) is 11.7. The Morgan fingerprint density at radius 2 is 1.76 bits per heavy atom. The zero-order valence-electron chi connectivity index (χ0n) is 11.8. The van der Waals surface area contributed by atoms with E-state index in [1.165, 1.54) is 12.1 Å². The molecular weight excluding hydrogens is 272 g/mol. The molecule has 0 atom stereocenters. The number of aryl methyl sites for hydroxylation is 2. The van der Waals surface area contributed by atoms with Gasteiger partial charge in [-0.2, -0.15) is 0 Å². The van der Waals surface area contributed by atoms with E-state index >= 15 is 0 Å². The number of carbonyl (C=O) groups is 1. The molecule has 0 saturated carbocycles.